The highest BCUT2D eigenvalue weighted by molar-refractivity contribution is 5.84. The Kier molecular flexibility index (Phi) is 2.88. The second kappa shape index (κ2) is 3.75. The molecule has 0 aliphatic rings. The standard InChI is InChI=1S/C10H14O3/c1-8(11)10(2,12)6-5-9-4-3-7-13-9/h3-4,7,12H,5-6H2,1-2H3. The molecular weight excluding hydrogens is 168 g/mol. The molecule has 0 aliphatic heterocycles. The van der Waals surface area contributed by atoms with Crippen molar-refractivity contribution in [1.29, 1.82) is 0 Å². The minimum atomic E-state index is -1.23. The number of furan rings is 1. The van der Waals surface area contributed by atoms with E-state index in [1.54, 1.807) is 12.3 Å². The molecule has 3 heteroatoms. The number of ketones is 1. The van der Waals surface area contributed by atoms with Gasteiger partial charge in [-0.05, 0) is 32.4 Å². The number of carbonyl (C=O) groups is 1. The van der Waals surface area contributed by atoms with Crippen LogP contribution in [0.3, 0.4) is 0 Å². The normalized spacial score (nSPS) is 15.3. The van der Waals surface area contributed by atoms with Crippen molar-refractivity contribution < 1.29 is 14.3 Å². The van der Waals surface area contributed by atoms with Gasteiger partial charge in [-0.25, -0.2) is 0 Å². The van der Waals surface area contributed by atoms with Crippen molar-refractivity contribution in [2.75, 3.05) is 0 Å². The van der Waals surface area contributed by atoms with Gasteiger partial charge < -0.3 is 9.52 Å². The van der Waals surface area contributed by atoms with Gasteiger partial charge in [0.2, 0.25) is 0 Å². The molecule has 0 aromatic carbocycles. The number of rotatable bonds is 4. The van der Waals surface area contributed by atoms with Crippen LogP contribution in [-0.2, 0) is 11.2 Å². The monoisotopic (exact) mass is 182 g/mol. The lowest BCUT2D eigenvalue weighted by molar-refractivity contribution is -0.133. The van der Waals surface area contributed by atoms with Gasteiger partial charge in [-0.15, -0.1) is 0 Å². The zero-order chi connectivity index (χ0) is 9.90. The second-order valence-electron chi connectivity index (χ2n) is 3.41. The van der Waals surface area contributed by atoms with Gasteiger partial charge in [0.1, 0.15) is 11.4 Å². The predicted octanol–water partition coefficient (Wildman–Crippen LogP) is 1.55. The largest absolute Gasteiger partial charge is 0.469 e. The highest BCUT2D eigenvalue weighted by Crippen LogP contribution is 2.15. The van der Waals surface area contributed by atoms with Gasteiger partial charge in [0.05, 0.1) is 6.26 Å². The summed E-state index contributed by atoms with van der Waals surface area (Å²) in [6.45, 7) is 2.92. The van der Waals surface area contributed by atoms with Crippen molar-refractivity contribution >= 4 is 5.78 Å². The number of hydrogen-bond donors (Lipinski definition) is 1. The summed E-state index contributed by atoms with van der Waals surface area (Å²) in [6.07, 6.45) is 2.56. The molecule has 0 spiro atoms. The maximum absolute atomic E-state index is 10.9. The van der Waals surface area contributed by atoms with Gasteiger partial charge >= 0.3 is 0 Å². The predicted molar refractivity (Wildman–Crippen MR) is 48.3 cm³/mol. The SMILES string of the molecule is CC(=O)C(C)(O)CCc1ccco1. The van der Waals surface area contributed by atoms with Crippen LogP contribution in [0.4, 0.5) is 0 Å². The summed E-state index contributed by atoms with van der Waals surface area (Å²) in [4.78, 5) is 10.9. The quantitative estimate of drug-likeness (QED) is 0.768. The Morgan fingerprint density at radius 3 is 2.85 bits per heavy atom. The summed E-state index contributed by atoms with van der Waals surface area (Å²) in [6, 6.07) is 3.62. The van der Waals surface area contributed by atoms with Crippen LogP contribution in [0.5, 0.6) is 0 Å². The smallest absolute Gasteiger partial charge is 0.160 e. The maximum Gasteiger partial charge on any atom is 0.160 e. The second-order valence-corrected chi connectivity index (χ2v) is 3.41. The first-order chi connectivity index (χ1) is 6.02. The third-order valence-electron chi connectivity index (χ3n) is 2.20. The first kappa shape index (κ1) is 9.99. The minimum absolute atomic E-state index is 0.209. The summed E-state index contributed by atoms with van der Waals surface area (Å²) < 4.78 is 5.09. The van der Waals surface area contributed by atoms with E-state index in [0.717, 1.165) is 5.76 Å². The summed E-state index contributed by atoms with van der Waals surface area (Å²) >= 11 is 0. The van der Waals surface area contributed by atoms with E-state index in [1.165, 1.54) is 13.8 Å². The molecule has 0 saturated carbocycles. The third kappa shape index (κ3) is 2.70. The van der Waals surface area contributed by atoms with Gasteiger partial charge in [0.15, 0.2) is 5.78 Å². The molecule has 0 saturated heterocycles. The molecule has 13 heavy (non-hydrogen) atoms. The van der Waals surface area contributed by atoms with E-state index in [9.17, 15) is 9.90 Å². The third-order valence-corrected chi connectivity index (χ3v) is 2.20. The summed E-state index contributed by atoms with van der Waals surface area (Å²) in [5.74, 6) is 0.584. The topological polar surface area (TPSA) is 50.4 Å². The molecule has 1 aromatic rings. The van der Waals surface area contributed by atoms with E-state index in [-0.39, 0.29) is 5.78 Å². The van der Waals surface area contributed by atoms with Crippen LogP contribution >= 0.6 is 0 Å². The average molecular weight is 182 g/mol. The molecule has 0 amide bonds. The molecule has 0 radical (unpaired) electrons. The van der Waals surface area contributed by atoms with E-state index in [4.69, 9.17) is 4.42 Å². The molecule has 1 unspecified atom stereocenters. The van der Waals surface area contributed by atoms with Crippen molar-refractivity contribution in [3.05, 3.63) is 24.2 Å². The number of aliphatic hydroxyl groups is 1. The lowest BCUT2D eigenvalue weighted by Gasteiger charge is -2.18. The summed E-state index contributed by atoms with van der Waals surface area (Å²) in [5.41, 5.74) is -1.23. The van der Waals surface area contributed by atoms with Crippen LogP contribution < -0.4 is 0 Å². The van der Waals surface area contributed by atoms with Crippen LogP contribution in [-0.4, -0.2) is 16.5 Å². The van der Waals surface area contributed by atoms with Crippen LogP contribution in [0.25, 0.3) is 0 Å². The van der Waals surface area contributed by atoms with Crippen LogP contribution in [0.1, 0.15) is 26.0 Å². The zero-order valence-electron chi connectivity index (χ0n) is 7.91. The maximum atomic E-state index is 10.9. The molecule has 1 rings (SSSR count). The Morgan fingerprint density at radius 1 is 1.69 bits per heavy atom. The molecule has 1 atom stereocenters. The fourth-order valence-electron chi connectivity index (χ4n) is 0.997. The van der Waals surface area contributed by atoms with Gasteiger partial charge in [-0.2, -0.15) is 0 Å². The van der Waals surface area contributed by atoms with Crippen LogP contribution in [0.15, 0.2) is 22.8 Å². The Bertz CT molecular complexity index is 272. The highest BCUT2D eigenvalue weighted by Gasteiger charge is 2.25. The number of carbonyl (C=O) groups excluding carboxylic acids is 1. The van der Waals surface area contributed by atoms with Gasteiger partial charge in [-0.1, -0.05) is 0 Å². The van der Waals surface area contributed by atoms with E-state index in [1.807, 2.05) is 6.07 Å². The van der Waals surface area contributed by atoms with Crippen LogP contribution in [0, 0.1) is 0 Å². The molecule has 1 aromatic heterocycles. The molecule has 0 aliphatic carbocycles. The first-order valence-corrected chi connectivity index (χ1v) is 4.28. The molecule has 72 valence electrons. The van der Waals surface area contributed by atoms with Crippen molar-refractivity contribution in [3.63, 3.8) is 0 Å². The first-order valence-electron chi connectivity index (χ1n) is 4.28. The van der Waals surface area contributed by atoms with Gasteiger partial charge in [-0.3, -0.25) is 4.79 Å². The van der Waals surface area contributed by atoms with Gasteiger partial charge in [0, 0.05) is 6.42 Å². The van der Waals surface area contributed by atoms with Gasteiger partial charge in [0.25, 0.3) is 0 Å². The fourth-order valence-corrected chi connectivity index (χ4v) is 0.997. The summed E-state index contributed by atoms with van der Waals surface area (Å²) in [5, 5.41) is 9.60. The van der Waals surface area contributed by atoms with E-state index < -0.39 is 5.60 Å². The lowest BCUT2D eigenvalue weighted by atomic mass is 9.95. The van der Waals surface area contributed by atoms with Crippen LogP contribution in [0.2, 0.25) is 0 Å². The molecule has 0 bridgehead atoms. The molecular formula is C10H14O3. The Labute approximate surface area is 77.4 Å². The fraction of sp³-hybridized carbons (Fsp3) is 0.500. The Hall–Kier alpha value is -1.09. The minimum Gasteiger partial charge on any atom is -0.469 e. The molecule has 1 N–H and O–H groups in total. The molecule has 3 nitrogen and oxygen atoms in total. The van der Waals surface area contributed by atoms with Crippen molar-refractivity contribution in [3.8, 4) is 0 Å². The average Bonchev–Trinajstić information content (AvgIpc) is 2.52. The number of hydrogen-bond acceptors (Lipinski definition) is 3. The highest BCUT2D eigenvalue weighted by atomic mass is 16.3. The lowest BCUT2D eigenvalue weighted by Crippen LogP contribution is -2.33. The Balaban J connectivity index is 2.47. The van der Waals surface area contributed by atoms with Crippen molar-refractivity contribution in [1.82, 2.24) is 0 Å². The Morgan fingerprint density at radius 2 is 2.38 bits per heavy atom. The van der Waals surface area contributed by atoms with E-state index in [0.29, 0.717) is 12.8 Å². The van der Waals surface area contributed by atoms with E-state index >= 15 is 0 Å². The molecule has 1 heterocycles. The number of Topliss-reactive ketones (excluding diaryl/α,β-unsaturated/α-hetero) is 1. The van der Waals surface area contributed by atoms with Crippen molar-refractivity contribution in [2.45, 2.75) is 32.3 Å². The number of aryl methyl sites for hydroxylation is 1. The zero-order valence-corrected chi connectivity index (χ0v) is 7.91. The van der Waals surface area contributed by atoms with Crippen molar-refractivity contribution in [2.24, 2.45) is 0 Å². The summed E-state index contributed by atoms with van der Waals surface area (Å²) in [7, 11) is 0. The molecule has 0 fully saturated rings. The van der Waals surface area contributed by atoms with E-state index in [2.05, 4.69) is 0 Å².